The summed E-state index contributed by atoms with van der Waals surface area (Å²) in [4.78, 5) is 10.8. The van der Waals surface area contributed by atoms with Gasteiger partial charge in [0.05, 0.1) is 44.5 Å². The summed E-state index contributed by atoms with van der Waals surface area (Å²) in [5.41, 5.74) is 12.7. The van der Waals surface area contributed by atoms with Gasteiger partial charge in [0, 0.05) is 49.4 Å². The molecular formula is C64H38N4. The number of para-hydroxylation sites is 4. The van der Waals surface area contributed by atoms with E-state index in [0.29, 0.717) is 0 Å². The molecule has 12 aromatic carbocycles. The van der Waals surface area contributed by atoms with Crippen LogP contribution in [0.25, 0.3) is 142 Å². The van der Waals surface area contributed by atoms with Crippen LogP contribution in [-0.2, 0) is 0 Å². The number of nitrogens with zero attached hydrogens (tertiary/aromatic N) is 4. The smallest absolute Gasteiger partial charge is 0.0979 e. The van der Waals surface area contributed by atoms with Crippen molar-refractivity contribution >= 4 is 109 Å². The molecule has 0 bridgehead atoms. The average molecular weight is 863 g/mol. The molecule has 3 aromatic heterocycles. The molecule has 0 N–H and O–H groups in total. The normalized spacial score (nSPS) is 12.1. The Morgan fingerprint density at radius 1 is 0.265 bits per heavy atom. The van der Waals surface area contributed by atoms with Gasteiger partial charge in [0.15, 0.2) is 0 Å². The Balaban J connectivity index is 0.910. The Bertz CT molecular complexity index is 4630. The first kappa shape index (κ1) is 37.1. The SMILES string of the molecule is c1ccc2c(c1)cc(-c1nc3ccccc3nc1-c1ccc3ccc(-n4c5ccccc5c5cc6cc(-n7c8ccccc8c8ccc9ccccc9c87)ccc6cc54)cc3c1)c1ccccc12. The number of benzene rings is 12. The summed E-state index contributed by atoms with van der Waals surface area (Å²) < 4.78 is 4.89. The minimum absolute atomic E-state index is 0.869. The zero-order valence-corrected chi connectivity index (χ0v) is 36.7. The Kier molecular flexibility index (Phi) is 7.75. The first-order chi connectivity index (χ1) is 33.7. The van der Waals surface area contributed by atoms with E-state index < -0.39 is 0 Å². The molecular weight excluding hydrogens is 825 g/mol. The Labute approximate surface area is 390 Å². The second kappa shape index (κ2) is 14.2. The average Bonchev–Trinajstić information content (AvgIpc) is 3.92. The van der Waals surface area contributed by atoms with Crippen molar-refractivity contribution in [2.45, 2.75) is 0 Å². The zero-order valence-electron chi connectivity index (χ0n) is 36.7. The summed E-state index contributed by atoms with van der Waals surface area (Å²) in [7, 11) is 0. The van der Waals surface area contributed by atoms with Crippen LogP contribution in [-0.4, -0.2) is 19.1 Å². The van der Waals surface area contributed by atoms with Gasteiger partial charge in [-0.05, 0) is 121 Å². The molecule has 0 atom stereocenters. The predicted octanol–water partition coefficient (Wildman–Crippen LogP) is 16.9. The predicted molar refractivity (Wildman–Crippen MR) is 287 cm³/mol. The largest absolute Gasteiger partial charge is 0.309 e. The van der Waals surface area contributed by atoms with Gasteiger partial charge in [0.1, 0.15) is 0 Å². The molecule has 314 valence electrons. The second-order valence-electron chi connectivity index (χ2n) is 18.1. The van der Waals surface area contributed by atoms with Gasteiger partial charge < -0.3 is 9.13 Å². The van der Waals surface area contributed by atoms with Gasteiger partial charge >= 0.3 is 0 Å². The van der Waals surface area contributed by atoms with Crippen LogP contribution >= 0.6 is 0 Å². The number of aromatic nitrogens is 4. The second-order valence-corrected chi connectivity index (χ2v) is 18.1. The maximum atomic E-state index is 5.40. The maximum absolute atomic E-state index is 5.40. The van der Waals surface area contributed by atoms with Gasteiger partial charge in [-0.1, -0.05) is 158 Å². The lowest BCUT2D eigenvalue weighted by molar-refractivity contribution is 1.18. The molecule has 0 aliphatic rings. The summed E-state index contributed by atoms with van der Waals surface area (Å²) in [6.45, 7) is 0. The summed E-state index contributed by atoms with van der Waals surface area (Å²) >= 11 is 0. The van der Waals surface area contributed by atoms with Crippen molar-refractivity contribution in [3.05, 3.63) is 231 Å². The van der Waals surface area contributed by atoms with E-state index in [1.54, 1.807) is 0 Å². The van der Waals surface area contributed by atoms with Crippen LogP contribution in [0.3, 0.4) is 0 Å². The molecule has 0 saturated heterocycles. The Hall–Kier alpha value is -9.12. The molecule has 15 aromatic rings. The molecule has 0 amide bonds. The molecule has 4 heteroatoms. The van der Waals surface area contributed by atoms with Crippen LogP contribution in [0, 0.1) is 0 Å². The van der Waals surface area contributed by atoms with Crippen molar-refractivity contribution in [3.8, 4) is 33.9 Å². The fourth-order valence-electron chi connectivity index (χ4n) is 11.3. The molecule has 0 saturated carbocycles. The van der Waals surface area contributed by atoms with Crippen LogP contribution in [0.2, 0.25) is 0 Å². The van der Waals surface area contributed by atoms with E-state index in [4.69, 9.17) is 9.97 Å². The van der Waals surface area contributed by atoms with Gasteiger partial charge in [0.25, 0.3) is 0 Å². The number of fused-ring (bicyclic) bond motifs is 14. The van der Waals surface area contributed by atoms with Crippen molar-refractivity contribution in [2.24, 2.45) is 0 Å². The quantitative estimate of drug-likeness (QED) is 0.165. The highest BCUT2D eigenvalue weighted by Crippen LogP contribution is 2.42. The highest BCUT2D eigenvalue weighted by atomic mass is 15.0. The molecule has 0 fully saturated rings. The molecule has 0 aliphatic heterocycles. The molecule has 0 unspecified atom stereocenters. The number of hydrogen-bond donors (Lipinski definition) is 0. The van der Waals surface area contributed by atoms with Crippen molar-refractivity contribution in [3.63, 3.8) is 0 Å². The first-order valence-electron chi connectivity index (χ1n) is 23.3. The highest BCUT2D eigenvalue weighted by molar-refractivity contribution is 6.20. The standard InChI is InChI=1S/C64H38N4/c1-4-16-49-40(13-1)29-32-54-52-19-7-12-24-60(52)68(64(49)54)47-31-28-41-38-61-55(37-45(41)35-47)53-20-8-11-23-59(53)67(61)46-30-27-39-25-26-43(33-44(39)34-46)62-63(66-58-22-10-9-21-57(58)65-62)56-36-42-14-2-3-15-48(42)50-17-5-6-18-51(50)56/h1-38H. The van der Waals surface area contributed by atoms with Crippen LogP contribution in [0.1, 0.15) is 0 Å². The van der Waals surface area contributed by atoms with Crippen LogP contribution in [0.4, 0.5) is 0 Å². The molecule has 0 aliphatic carbocycles. The van der Waals surface area contributed by atoms with Crippen LogP contribution in [0.5, 0.6) is 0 Å². The van der Waals surface area contributed by atoms with Crippen molar-refractivity contribution in [1.29, 1.82) is 0 Å². The molecule has 0 spiro atoms. The summed E-state index contributed by atoms with van der Waals surface area (Å²) in [5, 5.41) is 17.0. The van der Waals surface area contributed by atoms with Gasteiger partial charge in [0.2, 0.25) is 0 Å². The molecule has 4 nitrogen and oxygen atoms in total. The topological polar surface area (TPSA) is 35.6 Å². The molecule has 68 heavy (non-hydrogen) atoms. The summed E-state index contributed by atoms with van der Waals surface area (Å²) in [6, 6.07) is 84.0. The van der Waals surface area contributed by atoms with E-state index in [-0.39, 0.29) is 0 Å². The minimum Gasteiger partial charge on any atom is -0.309 e. The van der Waals surface area contributed by atoms with E-state index in [2.05, 4.69) is 228 Å². The van der Waals surface area contributed by atoms with Gasteiger partial charge in [-0.25, -0.2) is 9.97 Å². The third-order valence-electron chi connectivity index (χ3n) is 14.4. The lowest BCUT2D eigenvalue weighted by Gasteiger charge is -2.15. The van der Waals surface area contributed by atoms with Gasteiger partial charge in [-0.15, -0.1) is 0 Å². The Morgan fingerprint density at radius 2 is 0.824 bits per heavy atom. The first-order valence-corrected chi connectivity index (χ1v) is 23.3. The van der Waals surface area contributed by atoms with E-state index in [0.717, 1.165) is 55.7 Å². The summed E-state index contributed by atoms with van der Waals surface area (Å²) in [5.74, 6) is 0. The number of rotatable bonds is 4. The van der Waals surface area contributed by atoms with E-state index in [9.17, 15) is 0 Å². The fraction of sp³-hybridized carbons (Fsp3) is 0. The number of hydrogen-bond acceptors (Lipinski definition) is 2. The maximum Gasteiger partial charge on any atom is 0.0979 e. The van der Waals surface area contributed by atoms with Crippen molar-refractivity contribution in [2.75, 3.05) is 0 Å². The zero-order chi connectivity index (χ0) is 44.5. The Morgan fingerprint density at radius 3 is 1.62 bits per heavy atom. The van der Waals surface area contributed by atoms with Crippen molar-refractivity contribution < 1.29 is 0 Å². The molecule has 0 radical (unpaired) electrons. The van der Waals surface area contributed by atoms with Crippen LogP contribution in [0.15, 0.2) is 231 Å². The van der Waals surface area contributed by atoms with E-state index in [1.807, 2.05) is 12.1 Å². The lowest BCUT2D eigenvalue weighted by atomic mass is 9.93. The molecule has 3 heterocycles. The molecule has 15 rings (SSSR count). The van der Waals surface area contributed by atoms with E-state index >= 15 is 0 Å². The van der Waals surface area contributed by atoms with Crippen molar-refractivity contribution in [1.82, 2.24) is 19.1 Å². The third kappa shape index (κ3) is 5.43. The lowest BCUT2D eigenvalue weighted by Crippen LogP contribution is -1.97. The summed E-state index contributed by atoms with van der Waals surface area (Å²) in [6.07, 6.45) is 0. The minimum atomic E-state index is 0.869. The van der Waals surface area contributed by atoms with Gasteiger partial charge in [-0.2, -0.15) is 0 Å². The highest BCUT2D eigenvalue weighted by Gasteiger charge is 2.20. The third-order valence-corrected chi connectivity index (χ3v) is 14.4. The monoisotopic (exact) mass is 862 g/mol. The van der Waals surface area contributed by atoms with Crippen LogP contribution < -0.4 is 0 Å². The van der Waals surface area contributed by atoms with Gasteiger partial charge in [-0.3, -0.25) is 0 Å². The fourth-order valence-corrected chi connectivity index (χ4v) is 11.3. The van der Waals surface area contributed by atoms with E-state index in [1.165, 1.54) is 86.7 Å².